The molecule has 0 bridgehead atoms. The van der Waals surface area contributed by atoms with Gasteiger partial charge in [0, 0.05) is 6.07 Å². The second-order valence-corrected chi connectivity index (χ2v) is 7.13. The van der Waals surface area contributed by atoms with Gasteiger partial charge in [0.2, 0.25) is 11.7 Å². The van der Waals surface area contributed by atoms with Crippen molar-refractivity contribution in [3.8, 4) is 29.1 Å². The summed E-state index contributed by atoms with van der Waals surface area (Å²) in [7, 11) is 0. The van der Waals surface area contributed by atoms with Gasteiger partial charge in [0.15, 0.2) is 0 Å². The van der Waals surface area contributed by atoms with Crippen molar-refractivity contribution in [2.24, 2.45) is 0 Å². The highest BCUT2D eigenvalue weighted by Crippen LogP contribution is 2.21. The van der Waals surface area contributed by atoms with E-state index in [1.54, 1.807) is 12.1 Å². The van der Waals surface area contributed by atoms with Crippen molar-refractivity contribution < 1.29 is 9.26 Å². The van der Waals surface area contributed by atoms with Gasteiger partial charge in [-0.05, 0) is 37.6 Å². The lowest BCUT2D eigenvalue weighted by atomic mass is 10.1. The maximum Gasteiger partial charge on any atom is 0.299 e. The molecule has 0 saturated carbocycles. The summed E-state index contributed by atoms with van der Waals surface area (Å²) in [5.41, 5.74) is 1.30. The van der Waals surface area contributed by atoms with Gasteiger partial charge in [0.05, 0.1) is 5.54 Å². The standard InChI is InChI=1S/C19H19N7O2/c1-19(2,3)26-23-17(22-25-26)18-21-16(24-28-18)14-10-7-11-15(20-14)27-12-13-8-5-4-6-9-13/h4-11H,12H2,1-3H3. The Balaban J connectivity index is 1.51. The number of tetrazole rings is 1. The van der Waals surface area contributed by atoms with E-state index in [1.807, 2.05) is 57.2 Å². The van der Waals surface area contributed by atoms with Crippen molar-refractivity contribution in [2.45, 2.75) is 32.9 Å². The summed E-state index contributed by atoms with van der Waals surface area (Å²) in [5.74, 6) is 1.25. The van der Waals surface area contributed by atoms with Crippen LogP contribution in [0.1, 0.15) is 26.3 Å². The summed E-state index contributed by atoms with van der Waals surface area (Å²) in [6.07, 6.45) is 0. The molecule has 4 rings (SSSR count). The molecule has 0 aliphatic rings. The molecule has 9 heteroatoms. The molecule has 0 unspecified atom stereocenters. The van der Waals surface area contributed by atoms with Crippen LogP contribution in [-0.2, 0) is 12.1 Å². The highest BCUT2D eigenvalue weighted by Gasteiger charge is 2.21. The van der Waals surface area contributed by atoms with Crippen molar-refractivity contribution in [1.29, 1.82) is 0 Å². The van der Waals surface area contributed by atoms with Crippen LogP contribution in [0.5, 0.6) is 5.88 Å². The summed E-state index contributed by atoms with van der Waals surface area (Å²) >= 11 is 0. The summed E-state index contributed by atoms with van der Waals surface area (Å²) in [6.45, 7) is 6.35. The number of benzene rings is 1. The number of ether oxygens (including phenoxy) is 1. The van der Waals surface area contributed by atoms with Crippen LogP contribution in [0.25, 0.3) is 23.2 Å². The van der Waals surface area contributed by atoms with Crippen LogP contribution in [0.2, 0.25) is 0 Å². The van der Waals surface area contributed by atoms with E-state index in [2.05, 4.69) is 30.5 Å². The van der Waals surface area contributed by atoms with Crippen LogP contribution in [0, 0.1) is 0 Å². The van der Waals surface area contributed by atoms with E-state index in [4.69, 9.17) is 9.26 Å². The molecule has 3 heterocycles. The number of nitrogens with zero attached hydrogens (tertiary/aromatic N) is 7. The van der Waals surface area contributed by atoms with Crippen LogP contribution in [0.3, 0.4) is 0 Å². The first-order valence-corrected chi connectivity index (χ1v) is 8.78. The van der Waals surface area contributed by atoms with Crippen LogP contribution in [-0.4, -0.2) is 35.3 Å². The largest absolute Gasteiger partial charge is 0.473 e. The van der Waals surface area contributed by atoms with Gasteiger partial charge in [0.25, 0.3) is 11.7 Å². The SMILES string of the molecule is CC(C)(C)n1nnc(-c2nc(-c3cccc(OCc4ccccc4)n3)no2)n1. The normalized spacial score (nSPS) is 11.5. The minimum Gasteiger partial charge on any atom is -0.473 e. The van der Waals surface area contributed by atoms with E-state index in [0.29, 0.717) is 24.0 Å². The maximum atomic E-state index is 5.75. The van der Waals surface area contributed by atoms with E-state index in [1.165, 1.54) is 4.80 Å². The first kappa shape index (κ1) is 17.8. The molecule has 0 radical (unpaired) electrons. The van der Waals surface area contributed by atoms with E-state index in [0.717, 1.165) is 5.56 Å². The predicted molar refractivity (Wildman–Crippen MR) is 100 cm³/mol. The molecule has 142 valence electrons. The zero-order valence-electron chi connectivity index (χ0n) is 15.8. The predicted octanol–water partition coefficient (Wildman–Crippen LogP) is 3.12. The smallest absolute Gasteiger partial charge is 0.299 e. The Kier molecular flexibility index (Phi) is 4.56. The third kappa shape index (κ3) is 3.88. The molecule has 0 aliphatic carbocycles. The van der Waals surface area contributed by atoms with Gasteiger partial charge in [-0.1, -0.05) is 41.6 Å². The Morgan fingerprint density at radius 2 is 1.79 bits per heavy atom. The number of aromatic nitrogens is 7. The first-order valence-electron chi connectivity index (χ1n) is 8.78. The zero-order valence-corrected chi connectivity index (χ0v) is 15.8. The zero-order chi connectivity index (χ0) is 19.6. The van der Waals surface area contributed by atoms with Crippen molar-refractivity contribution in [3.63, 3.8) is 0 Å². The molecule has 9 nitrogen and oxygen atoms in total. The van der Waals surface area contributed by atoms with Gasteiger partial charge < -0.3 is 9.26 Å². The number of rotatable bonds is 5. The number of hydrogen-bond donors (Lipinski definition) is 0. The van der Waals surface area contributed by atoms with E-state index < -0.39 is 0 Å². The van der Waals surface area contributed by atoms with Crippen molar-refractivity contribution in [2.75, 3.05) is 0 Å². The molecule has 1 aromatic carbocycles. The Morgan fingerprint density at radius 3 is 2.54 bits per heavy atom. The fraction of sp³-hybridized carbons (Fsp3) is 0.263. The fourth-order valence-electron chi connectivity index (χ4n) is 2.35. The Morgan fingerprint density at radius 1 is 0.964 bits per heavy atom. The minimum absolute atomic E-state index is 0.183. The molecule has 0 fully saturated rings. The van der Waals surface area contributed by atoms with Gasteiger partial charge in [-0.3, -0.25) is 0 Å². The Labute approximate surface area is 161 Å². The minimum atomic E-state index is -0.292. The third-order valence-electron chi connectivity index (χ3n) is 3.81. The van der Waals surface area contributed by atoms with Gasteiger partial charge in [-0.2, -0.15) is 9.78 Å². The molecular formula is C19H19N7O2. The lowest BCUT2D eigenvalue weighted by Gasteiger charge is -2.14. The average Bonchev–Trinajstić information content (AvgIpc) is 3.36. The van der Waals surface area contributed by atoms with Crippen LogP contribution >= 0.6 is 0 Å². The van der Waals surface area contributed by atoms with Crippen molar-refractivity contribution in [1.82, 2.24) is 35.3 Å². The van der Waals surface area contributed by atoms with Gasteiger partial charge in [-0.15, -0.1) is 10.2 Å². The molecule has 4 aromatic rings. The number of hydrogen-bond acceptors (Lipinski definition) is 8. The highest BCUT2D eigenvalue weighted by atomic mass is 16.5. The quantitative estimate of drug-likeness (QED) is 0.522. The monoisotopic (exact) mass is 377 g/mol. The topological polar surface area (TPSA) is 105 Å². The summed E-state index contributed by atoms with van der Waals surface area (Å²) < 4.78 is 11.0. The van der Waals surface area contributed by atoms with Crippen LogP contribution in [0.4, 0.5) is 0 Å². The van der Waals surface area contributed by atoms with E-state index in [9.17, 15) is 0 Å². The molecule has 0 aliphatic heterocycles. The molecule has 0 N–H and O–H groups in total. The van der Waals surface area contributed by atoms with Gasteiger partial charge in [0.1, 0.15) is 12.3 Å². The molecule has 0 spiro atoms. The second kappa shape index (κ2) is 7.18. The summed E-state index contributed by atoms with van der Waals surface area (Å²) in [5, 5.41) is 16.3. The van der Waals surface area contributed by atoms with Crippen molar-refractivity contribution >= 4 is 0 Å². The molecular weight excluding hydrogens is 358 g/mol. The van der Waals surface area contributed by atoms with E-state index >= 15 is 0 Å². The Bertz CT molecular complexity index is 1070. The third-order valence-corrected chi connectivity index (χ3v) is 3.81. The lowest BCUT2D eigenvalue weighted by molar-refractivity contribution is 0.294. The fourth-order valence-corrected chi connectivity index (χ4v) is 2.35. The molecule has 28 heavy (non-hydrogen) atoms. The molecule has 0 atom stereocenters. The van der Waals surface area contributed by atoms with E-state index in [-0.39, 0.29) is 17.3 Å². The van der Waals surface area contributed by atoms with Gasteiger partial charge in [-0.25, -0.2) is 4.98 Å². The summed E-state index contributed by atoms with van der Waals surface area (Å²) in [4.78, 5) is 10.3. The maximum absolute atomic E-state index is 5.75. The molecule has 0 amide bonds. The number of pyridine rings is 1. The average molecular weight is 377 g/mol. The first-order chi connectivity index (χ1) is 13.5. The summed E-state index contributed by atoms with van der Waals surface area (Å²) in [6, 6.07) is 15.3. The van der Waals surface area contributed by atoms with Crippen LogP contribution in [0.15, 0.2) is 53.1 Å². The Hall–Kier alpha value is -3.62. The second-order valence-electron chi connectivity index (χ2n) is 7.13. The molecule has 3 aromatic heterocycles. The van der Waals surface area contributed by atoms with Crippen molar-refractivity contribution in [3.05, 3.63) is 54.1 Å². The van der Waals surface area contributed by atoms with Gasteiger partial charge >= 0.3 is 0 Å². The highest BCUT2D eigenvalue weighted by molar-refractivity contribution is 5.52. The van der Waals surface area contributed by atoms with Crippen LogP contribution < -0.4 is 4.74 Å². The lowest BCUT2D eigenvalue weighted by Crippen LogP contribution is -2.24. The molecule has 0 saturated heterocycles.